The van der Waals surface area contributed by atoms with Crippen LogP contribution in [-0.4, -0.2) is 42.6 Å². The molecule has 3 aromatic rings. The van der Waals surface area contributed by atoms with E-state index in [-0.39, 0.29) is 17.7 Å². The lowest BCUT2D eigenvalue weighted by Gasteiger charge is -2.40. The summed E-state index contributed by atoms with van der Waals surface area (Å²) in [6, 6.07) is 4.42. The van der Waals surface area contributed by atoms with Crippen molar-refractivity contribution in [3.8, 4) is 11.4 Å². The van der Waals surface area contributed by atoms with Crippen LogP contribution in [0, 0.1) is 19.7 Å². The zero-order chi connectivity index (χ0) is 24.0. The fourth-order valence-electron chi connectivity index (χ4n) is 4.75. The molecular formula is C24H27FN6O3. The van der Waals surface area contributed by atoms with Gasteiger partial charge in [0, 0.05) is 6.54 Å². The summed E-state index contributed by atoms with van der Waals surface area (Å²) < 4.78 is 22.9. The fraction of sp³-hybridized carbons (Fsp3) is 0.417. The molecule has 9 nitrogen and oxygen atoms in total. The molecule has 0 saturated heterocycles. The second kappa shape index (κ2) is 8.35. The fourth-order valence-corrected chi connectivity index (χ4v) is 4.75. The minimum Gasteiger partial charge on any atom is -0.501 e. The van der Waals surface area contributed by atoms with Gasteiger partial charge in [-0.1, -0.05) is 19.1 Å². The van der Waals surface area contributed by atoms with Gasteiger partial charge in [0.1, 0.15) is 29.0 Å². The molecule has 1 saturated carbocycles. The van der Waals surface area contributed by atoms with Crippen molar-refractivity contribution in [1.82, 2.24) is 29.6 Å². The van der Waals surface area contributed by atoms with Gasteiger partial charge >= 0.3 is 0 Å². The van der Waals surface area contributed by atoms with Crippen molar-refractivity contribution >= 4 is 5.70 Å². The first-order valence-electron chi connectivity index (χ1n) is 11.3. The number of ether oxygens (including phenoxy) is 1. The smallest absolute Gasteiger partial charge is 0.296 e. The van der Waals surface area contributed by atoms with Crippen LogP contribution in [0.3, 0.4) is 0 Å². The van der Waals surface area contributed by atoms with Crippen LogP contribution in [-0.2, 0) is 23.2 Å². The third-order valence-electron chi connectivity index (χ3n) is 6.70. The molecule has 1 aromatic carbocycles. The molecule has 10 heteroatoms. The quantitative estimate of drug-likeness (QED) is 0.595. The zero-order valence-corrected chi connectivity index (χ0v) is 19.3. The molecule has 1 spiro atoms. The Hall–Kier alpha value is -3.53. The van der Waals surface area contributed by atoms with Crippen molar-refractivity contribution in [3.63, 3.8) is 0 Å². The van der Waals surface area contributed by atoms with E-state index in [2.05, 4.69) is 22.0 Å². The average molecular weight is 467 g/mol. The van der Waals surface area contributed by atoms with Gasteiger partial charge in [-0.15, -0.1) is 0 Å². The molecule has 2 N–H and O–H groups in total. The molecule has 3 heterocycles. The van der Waals surface area contributed by atoms with Gasteiger partial charge in [-0.2, -0.15) is 5.10 Å². The summed E-state index contributed by atoms with van der Waals surface area (Å²) in [6.45, 7) is 9.12. The van der Waals surface area contributed by atoms with E-state index < -0.39 is 17.1 Å². The van der Waals surface area contributed by atoms with Crippen LogP contribution >= 0.6 is 0 Å². The highest BCUT2D eigenvalue weighted by Gasteiger charge is 2.44. The molecule has 5 rings (SSSR count). The van der Waals surface area contributed by atoms with Crippen molar-refractivity contribution in [2.45, 2.75) is 51.6 Å². The van der Waals surface area contributed by atoms with Gasteiger partial charge < -0.3 is 15.2 Å². The summed E-state index contributed by atoms with van der Waals surface area (Å²) in [7, 11) is 0. The van der Waals surface area contributed by atoms with Crippen LogP contribution in [0.5, 0.6) is 5.75 Å². The van der Waals surface area contributed by atoms with Crippen LogP contribution in [0.1, 0.15) is 48.0 Å². The number of nitrogens with one attached hydrogen (secondary N) is 1. The molecule has 0 unspecified atom stereocenters. The molecule has 0 radical (unpaired) electrons. The normalized spacial score (nSPS) is 16.6. The zero-order valence-electron chi connectivity index (χ0n) is 19.3. The number of hydrogen-bond donors (Lipinski definition) is 2. The maximum atomic E-state index is 14.0. The van der Waals surface area contributed by atoms with Crippen molar-refractivity contribution in [3.05, 3.63) is 69.7 Å². The van der Waals surface area contributed by atoms with Crippen LogP contribution in [0.4, 0.5) is 4.39 Å². The lowest BCUT2D eigenvalue weighted by atomic mass is 9.68. The minimum atomic E-state index is -0.490. The second-order valence-electron chi connectivity index (χ2n) is 9.00. The van der Waals surface area contributed by atoms with E-state index in [0.29, 0.717) is 48.6 Å². The number of rotatable bonds is 5. The molecule has 178 valence electrons. The van der Waals surface area contributed by atoms with Crippen molar-refractivity contribution in [1.29, 1.82) is 0 Å². The van der Waals surface area contributed by atoms with Crippen molar-refractivity contribution in [2.24, 2.45) is 0 Å². The highest BCUT2D eigenvalue weighted by molar-refractivity contribution is 5.63. The monoisotopic (exact) mass is 466 g/mol. The topological polar surface area (TPSA) is 107 Å². The van der Waals surface area contributed by atoms with E-state index in [4.69, 9.17) is 9.72 Å². The Morgan fingerprint density at radius 2 is 2.12 bits per heavy atom. The molecule has 0 amide bonds. The average Bonchev–Trinajstić information content (AvgIpc) is 2.99. The van der Waals surface area contributed by atoms with E-state index in [0.717, 1.165) is 24.8 Å². The van der Waals surface area contributed by atoms with Gasteiger partial charge in [0.25, 0.3) is 5.56 Å². The molecule has 1 aliphatic heterocycles. The Kier molecular flexibility index (Phi) is 5.47. The molecule has 0 atom stereocenters. The SMILES string of the molecule is C=C(NCc1ccc(F)cc1-n1nc(C)nc1C)c1nc2n(c(=O)c1O)CCOCC21CCC1. The molecule has 0 bridgehead atoms. The third kappa shape index (κ3) is 3.67. The lowest BCUT2D eigenvalue weighted by molar-refractivity contribution is 0.0533. The largest absolute Gasteiger partial charge is 0.501 e. The summed E-state index contributed by atoms with van der Waals surface area (Å²) in [5.41, 5.74) is 0.926. The number of hydrogen-bond acceptors (Lipinski definition) is 7. The van der Waals surface area contributed by atoms with Crippen molar-refractivity contribution < 1.29 is 14.2 Å². The molecule has 1 fully saturated rings. The molecule has 34 heavy (non-hydrogen) atoms. The standard InChI is InChI=1S/C24H27FN6O3/c1-14(26-12-17-5-6-18(25)11-19(17)31-16(3)27-15(2)29-31)20-21(32)22(33)30-9-10-34-13-24(7-4-8-24)23(30)28-20/h5-6,11,26,32H,1,4,7-10,12-13H2,2-3H3. The second-order valence-corrected chi connectivity index (χ2v) is 9.00. The Bertz CT molecular complexity index is 1340. The lowest BCUT2D eigenvalue weighted by Crippen LogP contribution is -2.43. The first-order chi connectivity index (χ1) is 16.3. The van der Waals surface area contributed by atoms with E-state index >= 15 is 0 Å². The van der Waals surface area contributed by atoms with Crippen LogP contribution in [0.2, 0.25) is 0 Å². The molecule has 2 aromatic heterocycles. The number of fused-ring (bicyclic) bond motifs is 2. The molecule has 2 aliphatic rings. The van der Waals surface area contributed by atoms with E-state index in [1.807, 2.05) is 0 Å². The Morgan fingerprint density at radius 3 is 2.79 bits per heavy atom. The third-order valence-corrected chi connectivity index (χ3v) is 6.70. The van der Waals surface area contributed by atoms with E-state index in [1.54, 1.807) is 24.6 Å². The molecule has 1 aliphatic carbocycles. The highest BCUT2D eigenvalue weighted by atomic mass is 19.1. The predicted molar refractivity (Wildman–Crippen MR) is 123 cm³/mol. The van der Waals surface area contributed by atoms with E-state index in [1.165, 1.54) is 16.7 Å². The summed E-state index contributed by atoms with van der Waals surface area (Å²) in [6.07, 6.45) is 2.82. The summed E-state index contributed by atoms with van der Waals surface area (Å²) in [5.74, 6) is 1.02. The Balaban J connectivity index is 1.46. The minimum absolute atomic E-state index is 0.126. The van der Waals surface area contributed by atoms with Gasteiger partial charge in [0.2, 0.25) is 5.75 Å². The Labute approximate surface area is 195 Å². The molecular weight excluding hydrogens is 439 g/mol. The maximum Gasteiger partial charge on any atom is 0.296 e. The van der Waals surface area contributed by atoms with E-state index in [9.17, 15) is 14.3 Å². The maximum absolute atomic E-state index is 14.0. The van der Waals surface area contributed by atoms with Gasteiger partial charge in [0.15, 0.2) is 0 Å². The van der Waals surface area contributed by atoms with Crippen LogP contribution < -0.4 is 10.9 Å². The number of nitrogens with zero attached hydrogens (tertiary/aromatic N) is 5. The van der Waals surface area contributed by atoms with Crippen LogP contribution in [0.25, 0.3) is 11.4 Å². The number of aromatic hydroxyl groups is 1. The van der Waals surface area contributed by atoms with Crippen molar-refractivity contribution in [2.75, 3.05) is 13.2 Å². The Morgan fingerprint density at radius 1 is 1.32 bits per heavy atom. The number of benzene rings is 1. The number of aryl methyl sites for hydroxylation is 2. The van der Waals surface area contributed by atoms with Gasteiger partial charge in [0.05, 0.1) is 36.6 Å². The predicted octanol–water partition coefficient (Wildman–Crippen LogP) is 2.50. The van der Waals surface area contributed by atoms with Gasteiger partial charge in [-0.25, -0.2) is 19.0 Å². The summed E-state index contributed by atoms with van der Waals surface area (Å²) in [4.78, 5) is 22.0. The number of aromatic nitrogens is 5. The van der Waals surface area contributed by atoms with Crippen LogP contribution in [0.15, 0.2) is 29.6 Å². The van der Waals surface area contributed by atoms with Gasteiger partial charge in [-0.05, 0) is 44.4 Å². The summed E-state index contributed by atoms with van der Waals surface area (Å²) >= 11 is 0. The number of halogens is 1. The van der Waals surface area contributed by atoms with Gasteiger partial charge in [-0.3, -0.25) is 9.36 Å². The highest BCUT2D eigenvalue weighted by Crippen LogP contribution is 2.44. The summed E-state index contributed by atoms with van der Waals surface area (Å²) in [5, 5.41) is 18.2. The first kappa shape index (κ1) is 22.3. The first-order valence-corrected chi connectivity index (χ1v) is 11.3.